The van der Waals surface area contributed by atoms with Crippen molar-refractivity contribution in [1.82, 2.24) is 10.3 Å². The van der Waals surface area contributed by atoms with Gasteiger partial charge in [-0.1, -0.05) is 73.5 Å². The SMILES string of the molecule is [C-]#[N+]/C(=C\c1cccc(Br)n1)C(=O)NC(CCC)c1ccc(OCCOCCOCCOCCOCCOCCOCCCC(=O)c2ccc(-c3ccc4c(c3)[C@H](Nc3ccc(Cl)cc3)C[C@H](C)N4C(C)=O)cc2)cc1. The van der Waals surface area contributed by atoms with Gasteiger partial charge in [-0.25, -0.2) is 9.83 Å². The van der Waals surface area contributed by atoms with Gasteiger partial charge < -0.3 is 48.7 Å². The predicted octanol–water partition coefficient (Wildman–Crippen LogP) is 11.5. The molecule has 6 rings (SSSR count). The van der Waals surface area contributed by atoms with Crippen molar-refractivity contribution in [3.8, 4) is 16.9 Å². The zero-order valence-electron chi connectivity index (χ0n) is 43.6. The molecule has 76 heavy (non-hydrogen) atoms. The van der Waals surface area contributed by atoms with Gasteiger partial charge in [0, 0.05) is 48.0 Å². The molecular formula is C59H69BrClN5O10. The maximum atomic E-state index is 13.0. The lowest BCUT2D eigenvalue weighted by molar-refractivity contribution is -0.118. The zero-order chi connectivity index (χ0) is 53.9. The lowest BCUT2D eigenvalue weighted by Gasteiger charge is -2.39. The first-order valence-electron chi connectivity index (χ1n) is 25.8. The number of rotatable bonds is 33. The van der Waals surface area contributed by atoms with Crippen LogP contribution < -0.4 is 20.3 Å². The molecule has 3 atom stereocenters. The van der Waals surface area contributed by atoms with E-state index >= 15 is 0 Å². The number of pyridine rings is 1. The van der Waals surface area contributed by atoms with E-state index in [2.05, 4.69) is 49.4 Å². The summed E-state index contributed by atoms with van der Waals surface area (Å²) in [5, 5.41) is 7.32. The highest BCUT2D eigenvalue weighted by molar-refractivity contribution is 9.10. The second-order valence-electron chi connectivity index (χ2n) is 18.0. The molecule has 5 aromatic rings. The molecule has 1 aromatic heterocycles. The number of benzene rings is 4. The van der Waals surface area contributed by atoms with Crippen molar-refractivity contribution in [3.63, 3.8) is 0 Å². The topological polar surface area (TPSA) is 160 Å². The molecular weight excluding hydrogens is 1050 g/mol. The molecule has 0 bridgehead atoms. The predicted molar refractivity (Wildman–Crippen MR) is 300 cm³/mol. The Balaban J connectivity index is 0.731. The van der Waals surface area contributed by atoms with Crippen LogP contribution in [-0.2, 0) is 38.0 Å². The Morgan fingerprint density at radius 2 is 1.37 bits per heavy atom. The minimum atomic E-state index is -0.447. The number of hydrogen-bond acceptors (Lipinski definition) is 12. The van der Waals surface area contributed by atoms with Gasteiger partial charge in [0.1, 0.15) is 17.0 Å². The van der Waals surface area contributed by atoms with Gasteiger partial charge in [0.05, 0.1) is 97.0 Å². The van der Waals surface area contributed by atoms with Crippen molar-refractivity contribution in [2.45, 2.75) is 71.0 Å². The van der Waals surface area contributed by atoms with Crippen molar-refractivity contribution in [1.29, 1.82) is 0 Å². The van der Waals surface area contributed by atoms with Crippen LogP contribution >= 0.6 is 27.5 Å². The zero-order valence-corrected chi connectivity index (χ0v) is 46.0. The summed E-state index contributed by atoms with van der Waals surface area (Å²) in [6.45, 7) is 18.9. The minimum Gasteiger partial charge on any atom is -0.491 e. The summed E-state index contributed by atoms with van der Waals surface area (Å²) in [6.07, 6.45) is 4.79. The molecule has 0 aliphatic carbocycles. The quantitative estimate of drug-likeness (QED) is 0.0135. The van der Waals surface area contributed by atoms with Crippen LogP contribution in [0.4, 0.5) is 11.4 Å². The van der Waals surface area contributed by atoms with Crippen LogP contribution in [0.1, 0.15) is 92.1 Å². The number of anilines is 2. The fraction of sp³-hybridized carbons (Fsp3) is 0.407. The Hall–Kier alpha value is -6.00. The molecule has 2 heterocycles. The van der Waals surface area contributed by atoms with E-state index in [9.17, 15) is 14.4 Å². The smallest absolute Gasteiger partial charge is 0.252 e. The van der Waals surface area contributed by atoms with Crippen molar-refractivity contribution in [2.75, 3.05) is 96.1 Å². The molecule has 0 spiro atoms. The van der Waals surface area contributed by atoms with Crippen molar-refractivity contribution in [3.05, 3.63) is 158 Å². The molecule has 0 saturated carbocycles. The van der Waals surface area contributed by atoms with Crippen LogP contribution in [0.15, 0.2) is 119 Å². The Bertz CT molecular complexity index is 2670. The number of fused-ring (bicyclic) bond motifs is 1. The van der Waals surface area contributed by atoms with Gasteiger partial charge in [0.25, 0.3) is 11.6 Å². The number of nitrogens with one attached hydrogen (secondary N) is 2. The third-order valence-electron chi connectivity index (χ3n) is 12.3. The molecule has 2 amide bonds. The Morgan fingerprint density at radius 1 is 0.776 bits per heavy atom. The second-order valence-corrected chi connectivity index (χ2v) is 19.2. The van der Waals surface area contributed by atoms with Gasteiger partial charge in [-0.3, -0.25) is 14.4 Å². The lowest BCUT2D eigenvalue weighted by Crippen LogP contribution is -2.43. The van der Waals surface area contributed by atoms with E-state index in [-0.39, 0.29) is 35.5 Å². The van der Waals surface area contributed by atoms with Gasteiger partial charge in [-0.15, -0.1) is 0 Å². The molecule has 0 radical (unpaired) electrons. The van der Waals surface area contributed by atoms with Crippen molar-refractivity contribution < 1.29 is 47.5 Å². The van der Waals surface area contributed by atoms with Crippen LogP contribution in [0, 0.1) is 6.57 Å². The van der Waals surface area contributed by atoms with E-state index in [4.69, 9.17) is 51.3 Å². The van der Waals surface area contributed by atoms with E-state index < -0.39 is 5.91 Å². The molecule has 2 N–H and O–H groups in total. The van der Waals surface area contributed by atoms with Gasteiger partial charge in [-0.05, 0) is 131 Å². The van der Waals surface area contributed by atoms with Crippen LogP contribution in [0.5, 0.6) is 5.75 Å². The third-order valence-corrected chi connectivity index (χ3v) is 13.0. The highest BCUT2D eigenvalue weighted by Crippen LogP contribution is 2.41. The van der Waals surface area contributed by atoms with Gasteiger partial charge in [0.15, 0.2) is 5.78 Å². The monoisotopic (exact) mass is 1120 g/mol. The van der Waals surface area contributed by atoms with Crippen molar-refractivity contribution >= 4 is 62.6 Å². The highest BCUT2D eigenvalue weighted by Gasteiger charge is 2.33. The van der Waals surface area contributed by atoms with Gasteiger partial charge >= 0.3 is 0 Å². The van der Waals surface area contributed by atoms with Gasteiger partial charge in [0.2, 0.25) is 5.91 Å². The number of amides is 2. The number of Topliss-reactive ketones (excluding diaryl/α,β-unsaturated/α-hetero) is 1. The number of ketones is 1. The van der Waals surface area contributed by atoms with Crippen LogP contribution in [-0.4, -0.2) is 115 Å². The van der Waals surface area contributed by atoms with E-state index in [1.807, 2.05) is 96.8 Å². The Kier molecular flexibility index (Phi) is 25.4. The number of halogens is 2. The van der Waals surface area contributed by atoms with Gasteiger partial charge in [-0.2, -0.15) is 0 Å². The lowest BCUT2D eigenvalue weighted by atomic mass is 9.88. The second kappa shape index (κ2) is 32.6. The summed E-state index contributed by atoms with van der Waals surface area (Å²) in [7, 11) is 0. The van der Waals surface area contributed by atoms with Crippen molar-refractivity contribution in [2.24, 2.45) is 0 Å². The number of carbonyl (C=O) groups excluding carboxylic acids is 3. The maximum absolute atomic E-state index is 13.0. The normalized spacial score (nSPS) is 14.6. The largest absolute Gasteiger partial charge is 0.491 e. The summed E-state index contributed by atoms with van der Waals surface area (Å²) in [5.74, 6) is 0.319. The molecule has 1 unspecified atom stereocenters. The first kappa shape index (κ1) is 59.2. The molecule has 15 nitrogen and oxygen atoms in total. The van der Waals surface area contributed by atoms with Crippen LogP contribution in [0.2, 0.25) is 5.02 Å². The van der Waals surface area contributed by atoms with Crippen LogP contribution in [0.3, 0.4) is 0 Å². The van der Waals surface area contributed by atoms with E-state index in [0.29, 0.717) is 132 Å². The minimum absolute atomic E-state index is 0.00427. The summed E-state index contributed by atoms with van der Waals surface area (Å²) < 4.78 is 40.1. The molecule has 0 fully saturated rings. The van der Waals surface area contributed by atoms with E-state index in [0.717, 1.165) is 46.5 Å². The Labute approximate surface area is 460 Å². The number of aromatic nitrogens is 1. The summed E-state index contributed by atoms with van der Waals surface area (Å²) in [6, 6.07) is 34.2. The summed E-state index contributed by atoms with van der Waals surface area (Å²) in [5.41, 5.74) is 6.98. The molecule has 4 aromatic carbocycles. The first-order valence-corrected chi connectivity index (χ1v) is 27.0. The highest BCUT2D eigenvalue weighted by atomic mass is 79.9. The average molecular weight is 1120 g/mol. The van der Waals surface area contributed by atoms with E-state index in [1.54, 1.807) is 25.1 Å². The van der Waals surface area contributed by atoms with E-state index in [1.165, 1.54) is 6.08 Å². The molecule has 404 valence electrons. The molecule has 1 aliphatic rings. The fourth-order valence-corrected chi connectivity index (χ4v) is 9.07. The average Bonchev–Trinajstić information content (AvgIpc) is 3.43. The first-order chi connectivity index (χ1) is 37.0. The molecule has 0 saturated heterocycles. The third kappa shape index (κ3) is 19.5. The Morgan fingerprint density at radius 3 is 1.95 bits per heavy atom. The number of hydrogen-bond donors (Lipinski definition) is 2. The number of ether oxygens (including phenoxy) is 7. The standard InChI is InChI=1S/C59H69BrClN5O10/c1-5-8-53(65-59(69)55(62-4)41-50-9-6-11-58(60)64-50)45-16-23-51(24-17-45)76-38-37-75-36-35-74-34-33-73-32-31-72-30-29-71-28-27-70-26-7-10-57(68)46-14-12-44(13-15-46)47-18-25-56-52(40-47)54(39-42(2)66(56)43(3)67)63-49-21-19-48(61)20-22-49/h6,9,11-25,40-42,53-54,63H,5,7-8,10,26-39H2,1-3H3,(H,65,69)/b55-41-/t42-,53?,54+/m0/s1. The summed E-state index contributed by atoms with van der Waals surface area (Å²) >= 11 is 9.45. The molecule has 1 aliphatic heterocycles. The molecule has 17 heteroatoms. The summed E-state index contributed by atoms with van der Waals surface area (Å²) in [4.78, 5) is 48.3. The fourth-order valence-electron chi connectivity index (χ4n) is 8.59. The number of nitrogens with zero attached hydrogens (tertiary/aromatic N) is 3. The van der Waals surface area contributed by atoms with Crippen LogP contribution in [0.25, 0.3) is 22.0 Å². The maximum Gasteiger partial charge on any atom is 0.252 e. The number of carbonyl (C=O) groups is 3.